The monoisotopic (exact) mass is 450 g/mol. The Morgan fingerprint density at radius 1 is 0.750 bits per heavy atom. The highest BCUT2D eigenvalue weighted by molar-refractivity contribution is 6.76. The Labute approximate surface area is 193 Å². The fourth-order valence-corrected chi connectivity index (χ4v) is 3.76. The maximum absolute atomic E-state index is 12.6. The zero-order valence-corrected chi connectivity index (χ0v) is 20.4. The van der Waals surface area contributed by atoms with Gasteiger partial charge in [-0.25, -0.2) is 9.59 Å². The van der Waals surface area contributed by atoms with Gasteiger partial charge >= 0.3 is 11.9 Å². The summed E-state index contributed by atoms with van der Waals surface area (Å²) >= 11 is 0. The summed E-state index contributed by atoms with van der Waals surface area (Å²) in [5.41, 5.74) is 1.69. The SMILES string of the molecule is C[Si](C)(C)C/C=C\CCCC=C(C(=O)OCc1ccccc1)C(=O)OCc1ccccc1. The smallest absolute Gasteiger partial charge is 0.345 e. The molecule has 0 heterocycles. The summed E-state index contributed by atoms with van der Waals surface area (Å²) in [6, 6.07) is 20.0. The van der Waals surface area contributed by atoms with Crippen LogP contribution in [-0.2, 0) is 32.3 Å². The predicted molar refractivity (Wildman–Crippen MR) is 132 cm³/mol. The summed E-state index contributed by atoms with van der Waals surface area (Å²) in [5.74, 6) is -1.30. The van der Waals surface area contributed by atoms with Crippen LogP contribution in [0.4, 0.5) is 0 Å². The molecule has 0 bridgehead atoms. The van der Waals surface area contributed by atoms with Gasteiger partial charge in [-0.1, -0.05) is 98.5 Å². The molecule has 0 saturated carbocycles. The minimum atomic E-state index is -1.07. The van der Waals surface area contributed by atoms with Crippen molar-refractivity contribution in [2.45, 2.75) is 58.2 Å². The predicted octanol–water partition coefficient (Wildman–Crippen LogP) is 6.46. The lowest BCUT2D eigenvalue weighted by molar-refractivity contribution is -0.148. The number of ether oxygens (including phenoxy) is 2. The van der Waals surface area contributed by atoms with Gasteiger partial charge in [-0.15, -0.1) is 0 Å². The Morgan fingerprint density at radius 3 is 1.72 bits per heavy atom. The van der Waals surface area contributed by atoms with E-state index in [1.54, 1.807) is 6.08 Å². The molecule has 2 rings (SSSR count). The number of unbranched alkanes of at least 4 members (excludes halogenated alkanes) is 2. The average molecular weight is 451 g/mol. The molecule has 0 aliphatic carbocycles. The number of carbonyl (C=O) groups excluding carboxylic acids is 2. The van der Waals surface area contributed by atoms with Crippen molar-refractivity contribution < 1.29 is 19.1 Å². The Bertz CT molecular complexity index is 839. The summed E-state index contributed by atoms with van der Waals surface area (Å²) in [5, 5.41) is 0. The van der Waals surface area contributed by atoms with Crippen LogP contribution in [0.3, 0.4) is 0 Å². The molecule has 0 unspecified atom stereocenters. The third-order valence-corrected chi connectivity index (χ3v) is 6.15. The highest BCUT2D eigenvalue weighted by atomic mass is 28.3. The van der Waals surface area contributed by atoms with Gasteiger partial charge in [-0.3, -0.25) is 0 Å². The van der Waals surface area contributed by atoms with Crippen molar-refractivity contribution in [1.82, 2.24) is 0 Å². The average Bonchev–Trinajstić information content (AvgIpc) is 2.78. The molecule has 0 aromatic heterocycles. The third-order valence-electron chi connectivity index (χ3n) is 4.69. The number of benzene rings is 2. The van der Waals surface area contributed by atoms with Crippen LogP contribution in [0.25, 0.3) is 0 Å². The van der Waals surface area contributed by atoms with Crippen molar-refractivity contribution in [2.75, 3.05) is 0 Å². The molecule has 4 nitrogen and oxygen atoms in total. The van der Waals surface area contributed by atoms with E-state index in [0.717, 1.165) is 30.0 Å². The third kappa shape index (κ3) is 10.4. The van der Waals surface area contributed by atoms with E-state index in [1.165, 1.54) is 0 Å². The van der Waals surface area contributed by atoms with E-state index in [-0.39, 0.29) is 18.8 Å². The molecule has 0 N–H and O–H groups in total. The fourth-order valence-electron chi connectivity index (χ4n) is 2.89. The summed E-state index contributed by atoms with van der Waals surface area (Å²) < 4.78 is 10.8. The topological polar surface area (TPSA) is 52.6 Å². The van der Waals surface area contributed by atoms with E-state index >= 15 is 0 Å². The number of esters is 2. The number of hydrogen-bond acceptors (Lipinski definition) is 4. The molecular formula is C27H34O4Si. The largest absolute Gasteiger partial charge is 0.457 e. The van der Waals surface area contributed by atoms with Gasteiger partial charge in [0.05, 0.1) is 0 Å². The van der Waals surface area contributed by atoms with Gasteiger partial charge in [-0.05, 0) is 36.4 Å². The Morgan fingerprint density at radius 2 is 1.25 bits per heavy atom. The highest BCUT2D eigenvalue weighted by Crippen LogP contribution is 2.13. The van der Waals surface area contributed by atoms with Crippen LogP contribution in [0, 0.1) is 0 Å². The molecule has 0 radical (unpaired) electrons. The standard InChI is InChI=1S/C27H34O4Si/c1-32(2,3)20-14-6-4-5-13-19-25(26(28)30-21-23-15-9-7-10-16-23)27(29)31-22-24-17-11-8-12-18-24/h6-12,14-19H,4-5,13,20-22H2,1-3H3/b14-6-. The van der Waals surface area contributed by atoms with E-state index < -0.39 is 20.0 Å². The van der Waals surface area contributed by atoms with Gasteiger partial charge in [0.2, 0.25) is 0 Å². The summed E-state index contributed by atoms with van der Waals surface area (Å²) in [6.45, 7) is 7.25. The van der Waals surface area contributed by atoms with E-state index in [4.69, 9.17) is 9.47 Å². The summed E-state index contributed by atoms with van der Waals surface area (Å²) in [4.78, 5) is 25.3. The van der Waals surface area contributed by atoms with Crippen molar-refractivity contribution in [3.63, 3.8) is 0 Å². The Hall–Kier alpha value is -2.92. The molecular weight excluding hydrogens is 416 g/mol. The first kappa shape index (κ1) is 25.3. The lowest BCUT2D eigenvalue weighted by atomic mass is 10.1. The van der Waals surface area contributed by atoms with Crippen molar-refractivity contribution in [1.29, 1.82) is 0 Å². The normalized spacial score (nSPS) is 11.2. The first-order valence-corrected chi connectivity index (χ1v) is 14.8. The summed E-state index contributed by atoms with van der Waals surface area (Å²) in [6.07, 6.45) is 8.45. The molecule has 0 fully saturated rings. The van der Waals surface area contributed by atoms with Gasteiger partial charge in [0, 0.05) is 8.07 Å². The van der Waals surface area contributed by atoms with E-state index in [9.17, 15) is 9.59 Å². The van der Waals surface area contributed by atoms with E-state index in [0.29, 0.717) is 6.42 Å². The molecule has 0 atom stereocenters. The van der Waals surface area contributed by atoms with Crippen LogP contribution >= 0.6 is 0 Å². The second-order valence-electron chi connectivity index (χ2n) is 8.91. The van der Waals surface area contributed by atoms with Crippen LogP contribution in [0.1, 0.15) is 30.4 Å². The van der Waals surface area contributed by atoms with Crippen molar-refractivity contribution in [2.24, 2.45) is 0 Å². The van der Waals surface area contributed by atoms with Gasteiger partial charge < -0.3 is 9.47 Å². The first-order valence-electron chi connectivity index (χ1n) is 11.1. The second kappa shape index (κ2) is 13.5. The van der Waals surface area contributed by atoms with Gasteiger partial charge in [0.1, 0.15) is 18.8 Å². The van der Waals surface area contributed by atoms with Crippen LogP contribution in [0.2, 0.25) is 25.7 Å². The zero-order valence-electron chi connectivity index (χ0n) is 19.4. The maximum Gasteiger partial charge on any atom is 0.345 e. The Balaban J connectivity index is 1.94. The quantitative estimate of drug-likeness (QED) is 0.0708. The van der Waals surface area contributed by atoms with Crippen molar-refractivity contribution >= 4 is 20.0 Å². The first-order chi connectivity index (χ1) is 15.3. The molecule has 0 amide bonds. The molecule has 0 aliphatic heterocycles. The minimum Gasteiger partial charge on any atom is -0.457 e. The summed E-state index contributed by atoms with van der Waals surface area (Å²) in [7, 11) is -1.07. The van der Waals surface area contributed by atoms with Crippen LogP contribution < -0.4 is 0 Å². The zero-order chi connectivity index (χ0) is 23.2. The molecule has 2 aromatic carbocycles. The number of carbonyl (C=O) groups is 2. The molecule has 0 spiro atoms. The molecule has 5 heteroatoms. The fraction of sp³-hybridized carbons (Fsp3) is 0.333. The van der Waals surface area contributed by atoms with Gasteiger partial charge in [-0.2, -0.15) is 0 Å². The molecule has 0 saturated heterocycles. The molecule has 2 aromatic rings. The number of hydrogen-bond donors (Lipinski definition) is 0. The van der Waals surface area contributed by atoms with Gasteiger partial charge in [0.25, 0.3) is 0 Å². The van der Waals surface area contributed by atoms with Crippen molar-refractivity contribution in [3.8, 4) is 0 Å². The van der Waals surface area contributed by atoms with Crippen LogP contribution in [0.5, 0.6) is 0 Å². The highest BCUT2D eigenvalue weighted by Gasteiger charge is 2.21. The molecule has 170 valence electrons. The van der Waals surface area contributed by atoms with E-state index in [2.05, 4.69) is 31.8 Å². The van der Waals surface area contributed by atoms with Crippen molar-refractivity contribution in [3.05, 3.63) is 95.6 Å². The Kier molecular flexibility index (Phi) is 10.7. The van der Waals surface area contributed by atoms with Gasteiger partial charge in [0.15, 0.2) is 0 Å². The van der Waals surface area contributed by atoms with Crippen LogP contribution in [-0.4, -0.2) is 20.0 Å². The van der Waals surface area contributed by atoms with Crippen LogP contribution in [0.15, 0.2) is 84.5 Å². The maximum atomic E-state index is 12.6. The second-order valence-corrected chi connectivity index (χ2v) is 14.4. The lowest BCUT2D eigenvalue weighted by Crippen LogP contribution is -2.18. The number of allylic oxidation sites excluding steroid dienone is 3. The molecule has 32 heavy (non-hydrogen) atoms. The lowest BCUT2D eigenvalue weighted by Gasteiger charge is -2.11. The van der Waals surface area contributed by atoms with E-state index in [1.807, 2.05) is 60.7 Å². The number of rotatable bonds is 12. The molecule has 0 aliphatic rings. The minimum absolute atomic E-state index is 0.0389.